The second-order valence-electron chi connectivity index (χ2n) is 7.41. The molecule has 0 spiro atoms. The van der Waals surface area contributed by atoms with Gasteiger partial charge in [0.1, 0.15) is 5.75 Å². The molecule has 0 unspecified atom stereocenters. The Kier molecular flexibility index (Phi) is 7.46. The zero-order valence-corrected chi connectivity index (χ0v) is 20.2. The van der Waals surface area contributed by atoms with Gasteiger partial charge in [-0.3, -0.25) is 9.10 Å². The molecule has 0 aliphatic rings. The van der Waals surface area contributed by atoms with E-state index in [4.69, 9.17) is 16.3 Å². The number of nitrogens with one attached hydrogen (secondary N) is 1. The van der Waals surface area contributed by atoms with Crippen molar-refractivity contribution < 1.29 is 17.9 Å². The van der Waals surface area contributed by atoms with Gasteiger partial charge in [-0.05, 0) is 55.8 Å². The fraction of sp³-hybridized carbons (Fsp3) is 0.160. The zero-order valence-electron chi connectivity index (χ0n) is 18.6. The third-order valence-corrected chi connectivity index (χ3v) is 7.15. The van der Waals surface area contributed by atoms with Crippen LogP contribution in [0.25, 0.3) is 0 Å². The predicted octanol–water partition coefficient (Wildman–Crippen LogP) is 5.60. The third kappa shape index (κ3) is 5.21. The second kappa shape index (κ2) is 10.1. The van der Waals surface area contributed by atoms with Crippen molar-refractivity contribution in [1.29, 1.82) is 0 Å². The molecule has 0 heterocycles. The number of benzene rings is 3. The highest BCUT2D eigenvalue weighted by Gasteiger charge is 2.28. The lowest BCUT2D eigenvalue weighted by Gasteiger charge is -2.25. The van der Waals surface area contributed by atoms with Gasteiger partial charge < -0.3 is 10.1 Å². The molecule has 6 nitrogen and oxygen atoms in total. The number of ether oxygens (including phenoxy) is 1. The predicted molar refractivity (Wildman–Crippen MR) is 133 cm³/mol. The molecule has 0 saturated carbocycles. The lowest BCUT2D eigenvalue weighted by molar-refractivity contribution is 0.102. The number of amides is 1. The number of hydrogen-bond donors (Lipinski definition) is 1. The number of methoxy groups -OCH3 is 1. The maximum atomic E-state index is 13.6. The van der Waals surface area contributed by atoms with Crippen molar-refractivity contribution in [2.45, 2.75) is 18.7 Å². The number of aryl methyl sites for hydroxylation is 2. The molecule has 3 rings (SSSR count). The molecule has 3 aromatic carbocycles. The van der Waals surface area contributed by atoms with Crippen molar-refractivity contribution >= 4 is 38.9 Å². The Morgan fingerprint density at radius 1 is 1.12 bits per heavy atom. The van der Waals surface area contributed by atoms with Crippen molar-refractivity contribution in [3.63, 3.8) is 0 Å². The minimum Gasteiger partial charge on any atom is -0.495 e. The summed E-state index contributed by atoms with van der Waals surface area (Å²) >= 11 is 6.27. The van der Waals surface area contributed by atoms with E-state index in [2.05, 4.69) is 11.9 Å². The summed E-state index contributed by atoms with van der Waals surface area (Å²) in [6, 6.07) is 16.5. The molecule has 0 aromatic heterocycles. The first-order chi connectivity index (χ1) is 15.7. The first-order valence-corrected chi connectivity index (χ1v) is 12.0. The Morgan fingerprint density at radius 2 is 1.85 bits per heavy atom. The van der Waals surface area contributed by atoms with E-state index in [0.717, 1.165) is 11.1 Å². The van der Waals surface area contributed by atoms with E-state index in [1.54, 1.807) is 30.3 Å². The van der Waals surface area contributed by atoms with Crippen LogP contribution in [0.1, 0.15) is 21.5 Å². The molecule has 0 atom stereocenters. The molecule has 8 heteroatoms. The quantitative estimate of drug-likeness (QED) is 0.422. The second-order valence-corrected chi connectivity index (χ2v) is 9.68. The van der Waals surface area contributed by atoms with Crippen LogP contribution in [0.4, 0.5) is 11.4 Å². The van der Waals surface area contributed by atoms with Gasteiger partial charge in [0.25, 0.3) is 15.9 Å². The largest absolute Gasteiger partial charge is 0.495 e. The number of carbonyl (C=O) groups excluding carboxylic acids is 1. The summed E-state index contributed by atoms with van der Waals surface area (Å²) in [6.45, 7) is 7.53. The average molecular weight is 485 g/mol. The van der Waals surface area contributed by atoms with Crippen molar-refractivity contribution in [2.75, 3.05) is 23.3 Å². The van der Waals surface area contributed by atoms with Crippen LogP contribution >= 0.6 is 11.6 Å². The minimum atomic E-state index is -4.06. The van der Waals surface area contributed by atoms with Crippen LogP contribution in [0.15, 0.2) is 78.2 Å². The van der Waals surface area contributed by atoms with E-state index < -0.39 is 15.9 Å². The van der Waals surface area contributed by atoms with Gasteiger partial charge >= 0.3 is 0 Å². The number of sulfonamides is 1. The average Bonchev–Trinajstić information content (AvgIpc) is 2.79. The Balaban J connectivity index is 2.02. The van der Waals surface area contributed by atoms with E-state index in [1.807, 2.05) is 26.0 Å². The smallest absolute Gasteiger partial charge is 0.264 e. The highest BCUT2D eigenvalue weighted by Crippen LogP contribution is 2.33. The maximum Gasteiger partial charge on any atom is 0.264 e. The number of nitrogens with zero attached hydrogens (tertiary/aromatic N) is 1. The van der Waals surface area contributed by atoms with Crippen molar-refractivity contribution in [1.82, 2.24) is 0 Å². The molecule has 0 aliphatic carbocycles. The summed E-state index contributed by atoms with van der Waals surface area (Å²) < 4.78 is 33.7. The van der Waals surface area contributed by atoms with Crippen LogP contribution in [0.5, 0.6) is 5.75 Å². The van der Waals surface area contributed by atoms with Crippen molar-refractivity contribution in [3.8, 4) is 5.75 Å². The van der Waals surface area contributed by atoms with Crippen LogP contribution < -0.4 is 14.4 Å². The highest BCUT2D eigenvalue weighted by molar-refractivity contribution is 7.92. The van der Waals surface area contributed by atoms with Crippen LogP contribution in [0, 0.1) is 13.8 Å². The molecule has 3 aromatic rings. The number of para-hydroxylation sites is 2. The SMILES string of the molecule is C=CCN(c1ccccc1OC)S(=O)(=O)c1ccc(Cl)c(C(=O)Nc2ccc(C)cc2C)c1. The first-order valence-electron chi connectivity index (χ1n) is 10.1. The fourth-order valence-electron chi connectivity index (χ4n) is 3.39. The van der Waals surface area contributed by atoms with E-state index in [9.17, 15) is 13.2 Å². The number of anilines is 2. The van der Waals surface area contributed by atoms with Gasteiger partial charge in [0, 0.05) is 5.69 Å². The summed E-state index contributed by atoms with van der Waals surface area (Å²) in [7, 11) is -2.60. The monoisotopic (exact) mass is 484 g/mol. The van der Waals surface area contributed by atoms with Gasteiger partial charge in [0.05, 0.1) is 34.8 Å². The van der Waals surface area contributed by atoms with Gasteiger partial charge in [-0.1, -0.05) is 47.5 Å². The summed E-state index contributed by atoms with van der Waals surface area (Å²) in [5.41, 5.74) is 2.98. The lowest BCUT2D eigenvalue weighted by Crippen LogP contribution is -2.31. The maximum absolute atomic E-state index is 13.6. The normalized spacial score (nSPS) is 11.0. The topological polar surface area (TPSA) is 75.7 Å². The Bertz CT molecular complexity index is 1310. The van der Waals surface area contributed by atoms with Crippen LogP contribution in [-0.4, -0.2) is 28.0 Å². The van der Waals surface area contributed by atoms with Crippen molar-refractivity contribution in [3.05, 3.63) is 95.0 Å². The molecular formula is C25H25ClN2O4S. The van der Waals surface area contributed by atoms with E-state index in [0.29, 0.717) is 17.1 Å². The van der Waals surface area contributed by atoms with E-state index in [1.165, 1.54) is 35.7 Å². The standard InChI is InChI=1S/C25H25ClN2O4S/c1-5-14-28(23-8-6-7-9-24(23)32-4)33(30,31)19-11-12-21(26)20(16-19)25(29)27-22-13-10-17(2)15-18(22)3/h5-13,15-16H,1,14H2,2-4H3,(H,27,29). The summed E-state index contributed by atoms with van der Waals surface area (Å²) in [5.74, 6) is -0.110. The highest BCUT2D eigenvalue weighted by atomic mass is 35.5. The molecule has 172 valence electrons. The van der Waals surface area contributed by atoms with Gasteiger partial charge in [-0.25, -0.2) is 8.42 Å². The molecule has 1 amide bonds. The Morgan fingerprint density at radius 3 is 2.52 bits per heavy atom. The zero-order chi connectivity index (χ0) is 24.2. The number of halogens is 1. The summed E-state index contributed by atoms with van der Waals surface area (Å²) in [6.07, 6.45) is 1.48. The van der Waals surface area contributed by atoms with Gasteiger partial charge in [-0.2, -0.15) is 0 Å². The third-order valence-electron chi connectivity index (χ3n) is 5.05. The van der Waals surface area contributed by atoms with Gasteiger partial charge in [0.15, 0.2) is 0 Å². The molecule has 1 N–H and O–H groups in total. The van der Waals surface area contributed by atoms with Crippen LogP contribution in [0.3, 0.4) is 0 Å². The molecular weight excluding hydrogens is 460 g/mol. The molecule has 0 radical (unpaired) electrons. The van der Waals surface area contributed by atoms with E-state index >= 15 is 0 Å². The van der Waals surface area contributed by atoms with E-state index in [-0.39, 0.29) is 22.0 Å². The molecule has 0 bridgehead atoms. The lowest BCUT2D eigenvalue weighted by atomic mass is 10.1. The number of rotatable bonds is 8. The first kappa shape index (κ1) is 24.4. The minimum absolute atomic E-state index is 0.00935. The molecule has 0 aliphatic heterocycles. The Labute approximate surface area is 199 Å². The summed E-state index contributed by atoms with van der Waals surface area (Å²) in [5, 5.41) is 2.95. The van der Waals surface area contributed by atoms with Gasteiger partial charge in [-0.15, -0.1) is 6.58 Å². The molecule has 33 heavy (non-hydrogen) atoms. The van der Waals surface area contributed by atoms with Crippen molar-refractivity contribution in [2.24, 2.45) is 0 Å². The molecule has 0 fully saturated rings. The molecule has 0 saturated heterocycles. The fourth-order valence-corrected chi connectivity index (χ4v) is 5.06. The number of hydrogen-bond acceptors (Lipinski definition) is 4. The number of carbonyl (C=O) groups is 1. The van der Waals surface area contributed by atoms with Crippen LogP contribution in [0.2, 0.25) is 5.02 Å². The van der Waals surface area contributed by atoms with Gasteiger partial charge in [0.2, 0.25) is 0 Å². The summed E-state index contributed by atoms with van der Waals surface area (Å²) in [4.78, 5) is 12.9. The van der Waals surface area contributed by atoms with Crippen LogP contribution in [-0.2, 0) is 10.0 Å². The Hall–Kier alpha value is -3.29.